The number of carbonyl (C=O) groups is 1. The summed E-state index contributed by atoms with van der Waals surface area (Å²) in [6.45, 7) is 1.96. The van der Waals surface area contributed by atoms with Crippen LogP contribution in [0.25, 0.3) is 17.4 Å². The van der Waals surface area contributed by atoms with Gasteiger partial charge in [0.1, 0.15) is 11.5 Å². The zero-order chi connectivity index (χ0) is 19.0. The molecule has 0 aliphatic carbocycles. The first-order valence-electron chi connectivity index (χ1n) is 8.23. The van der Waals surface area contributed by atoms with E-state index in [0.717, 1.165) is 16.8 Å². The highest BCUT2D eigenvalue weighted by atomic mass is 35.5. The molecule has 1 aromatic heterocycles. The number of thioether (sulfide) groups is 1. The molecule has 0 N–H and O–H groups in total. The van der Waals surface area contributed by atoms with E-state index in [9.17, 15) is 4.79 Å². The van der Waals surface area contributed by atoms with Gasteiger partial charge in [-0.3, -0.25) is 9.69 Å². The normalized spacial score (nSPS) is 15.8. The first-order valence-corrected chi connectivity index (χ1v) is 9.83. The number of hydrogen-bond donors (Lipinski definition) is 0. The number of amides is 1. The Hall–Kier alpha value is -2.34. The number of anilines is 1. The molecule has 6 heteroatoms. The molecule has 1 amide bonds. The van der Waals surface area contributed by atoms with Crippen LogP contribution in [0.1, 0.15) is 11.3 Å². The molecule has 0 unspecified atom stereocenters. The lowest BCUT2D eigenvalue weighted by atomic mass is 10.2. The molecule has 3 aromatic rings. The van der Waals surface area contributed by atoms with E-state index < -0.39 is 0 Å². The molecule has 0 atom stereocenters. The van der Waals surface area contributed by atoms with E-state index in [1.165, 1.54) is 11.8 Å². The van der Waals surface area contributed by atoms with Gasteiger partial charge in [-0.25, -0.2) is 0 Å². The Kier molecular flexibility index (Phi) is 4.91. The van der Waals surface area contributed by atoms with E-state index in [-0.39, 0.29) is 5.91 Å². The molecular formula is C21H14ClNO2S2. The molecule has 4 rings (SSSR count). The van der Waals surface area contributed by atoms with E-state index in [4.69, 9.17) is 28.2 Å². The van der Waals surface area contributed by atoms with Crippen molar-refractivity contribution in [3.05, 3.63) is 81.9 Å². The van der Waals surface area contributed by atoms with Crippen molar-refractivity contribution in [1.82, 2.24) is 0 Å². The quantitative estimate of drug-likeness (QED) is 0.373. The second-order valence-corrected chi connectivity index (χ2v) is 8.07. The Labute approximate surface area is 171 Å². The maximum atomic E-state index is 12.9. The minimum atomic E-state index is -0.144. The first kappa shape index (κ1) is 18.0. The third kappa shape index (κ3) is 3.46. The van der Waals surface area contributed by atoms with Crippen LogP contribution in [0, 0.1) is 6.92 Å². The third-order valence-electron chi connectivity index (χ3n) is 4.19. The Morgan fingerprint density at radius 1 is 1.07 bits per heavy atom. The summed E-state index contributed by atoms with van der Waals surface area (Å²) in [4.78, 5) is 15.0. The number of furan rings is 1. The molecule has 0 bridgehead atoms. The lowest BCUT2D eigenvalue weighted by Gasteiger charge is -2.16. The average molecular weight is 412 g/mol. The molecule has 1 saturated heterocycles. The van der Waals surface area contributed by atoms with Crippen LogP contribution in [-0.4, -0.2) is 10.2 Å². The molecule has 1 fully saturated rings. The highest BCUT2D eigenvalue weighted by molar-refractivity contribution is 8.27. The minimum Gasteiger partial charge on any atom is -0.457 e. The van der Waals surface area contributed by atoms with Crippen LogP contribution < -0.4 is 4.90 Å². The molecule has 2 heterocycles. The van der Waals surface area contributed by atoms with Gasteiger partial charge >= 0.3 is 0 Å². The maximum absolute atomic E-state index is 12.9. The largest absolute Gasteiger partial charge is 0.457 e. The maximum Gasteiger partial charge on any atom is 0.270 e. The van der Waals surface area contributed by atoms with Gasteiger partial charge in [-0.1, -0.05) is 65.9 Å². The molecule has 27 heavy (non-hydrogen) atoms. The monoisotopic (exact) mass is 411 g/mol. The van der Waals surface area contributed by atoms with Crippen LogP contribution in [0.2, 0.25) is 5.02 Å². The predicted molar refractivity (Wildman–Crippen MR) is 116 cm³/mol. The fourth-order valence-electron chi connectivity index (χ4n) is 2.86. The van der Waals surface area contributed by atoms with Gasteiger partial charge in [0, 0.05) is 11.6 Å². The van der Waals surface area contributed by atoms with E-state index in [2.05, 4.69) is 0 Å². The summed E-state index contributed by atoms with van der Waals surface area (Å²) in [5.74, 6) is 1.09. The standard InChI is InChI=1S/C21H14ClNO2S2/c1-13-6-2-5-9-17(13)23-20(24)19(27-21(23)26)12-14-10-11-18(25-14)15-7-3-4-8-16(15)22/h2-12H,1H3/b19-12+. The van der Waals surface area contributed by atoms with E-state index >= 15 is 0 Å². The summed E-state index contributed by atoms with van der Waals surface area (Å²) >= 11 is 12.9. The second-order valence-electron chi connectivity index (χ2n) is 5.99. The van der Waals surface area contributed by atoms with Crippen LogP contribution in [0.3, 0.4) is 0 Å². The summed E-state index contributed by atoms with van der Waals surface area (Å²) in [5.41, 5.74) is 2.61. The summed E-state index contributed by atoms with van der Waals surface area (Å²) in [7, 11) is 0. The highest BCUT2D eigenvalue weighted by Gasteiger charge is 2.34. The average Bonchev–Trinajstić information content (AvgIpc) is 3.21. The van der Waals surface area contributed by atoms with Crippen LogP contribution in [-0.2, 0) is 4.79 Å². The van der Waals surface area contributed by atoms with Gasteiger partial charge in [0.2, 0.25) is 0 Å². The first-order chi connectivity index (χ1) is 13.0. The summed E-state index contributed by atoms with van der Waals surface area (Å²) < 4.78 is 6.38. The molecule has 1 aliphatic rings. The number of halogens is 1. The Balaban J connectivity index is 1.64. The van der Waals surface area contributed by atoms with Crippen LogP contribution in [0.4, 0.5) is 5.69 Å². The lowest BCUT2D eigenvalue weighted by molar-refractivity contribution is -0.113. The van der Waals surface area contributed by atoms with Crippen molar-refractivity contribution in [2.24, 2.45) is 0 Å². The molecule has 0 saturated carbocycles. The summed E-state index contributed by atoms with van der Waals surface area (Å²) in [6, 6.07) is 18.8. The summed E-state index contributed by atoms with van der Waals surface area (Å²) in [5, 5.41) is 0.615. The number of rotatable bonds is 3. The van der Waals surface area contributed by atoms with Gasteiger partial charge in [-0.2, -0.15) is 0 Å². The van der Waals surface area contributed by atoms with E-state index in [1.807, 2.05) is 67.6 Å². The molecular weight excluding hydrogens is 398 g/mol. The van der Waals surface area contributed by atoms with Crippen molar-refractivity contribution in [3.63, 3.8) is 0 Å². The number of para-hydroxylation sites is 1. The fourth-order valence-corrected chi connectivity index (χ4v) is 4.35. The zero-order valence-corrected chi connectivity index (χ0v) is 16.7. The molecule has 0 radical (unpaired) electrons. The fraction of sp³-hybridized carbons (Fsp3) is 0.0476. The van der Waals surface area contributed by atoms with Crippen molar-refractivity contribution in [2.75, 3.05) is 4.90 Å². The summed E-state index contributed by atoms with van der Waals surface area (Å²) in [6.07, 6.45) is 1.72. The smallest absolute Gasteiger partial charge is 0.270 e. The van der Waals surface area contributed by atoms with Crippen molar-refractivity contribution in [3.8, 4) is 11.3 Å². The zero-order valence-electron chi connectivity index (χ0n) is 14.3. The Morgan fingerprint density at radius 2 is 1.81 bits per heavy atom. The predicted octanol–water partition coefficient (Wildman–Crippen LogP) is 6.31. The van der Waals surface area contributed by atoms with Crippen LogP contribution >= 0.6 is 35.6 Å². The SMILES string of the molecule is Cc1ccccc1N1C(=O)/C(=C\c2ccc(-c3ccccc3Cl)o2)SC1=S. The number of nitrogens with zero attached hydrogens (tertiary/aromatic N) is 1. The third-order valence-corrected chi connectivity index (χ3v) is 5.82. The van der Waals surface area contributed by atoms with Crippen molar-refractivity contribution >= 4 is 57.6 Å². The van der Waals surface area contributed by atoms with Crippen molar-refractivity contribution < 1.29 is 9.21 Å². The second kappa shape index (κ2) is 7.35. The van der Waals surface area contributed by atoms with Gasteiger partial charge in [-0.15, -0.1) is 0 Å². The molecule has 134 valence electrons. The Morgan fingerprint density at radius 3 is 2.59 bits per heavy atom. The highest BCUT2D eigenvalue weighted by Crippen LogP contribution is 2.38. The number of carbonyl (C=O) groups excluding carboxylic acids is 1. The van der Waals surface area contributed by atoms with Gasteiger partial charge < -0.3 is 4.42 Å². The number of hydrogen-bond acceptors (Lipinski definition) is 4. The topological polar surface area (TPSA) is 33.5 Å². The van der Waals surface area contributed by atoms with Gasteiger partial charge in [0.25, 0.3) is 5.91 Å². The van der Waals surface area contributed by atoms with E-state index in [1.54, 1.807) is 11.0 Å². The number of aryl methyl sites for hydroxylation is 1. The number of benzene rings is 2. The van der Waals surface area contributed by atoms with Gasteiger partial charge in [0.15, 0.2) is 4.32 Å². The Bertz CT molecular complexity index is 1090. The molecule has 1 aliphatic heterocycles. The minimum absolute atomic E-state index is 0.144. The van der Waals surface area contributed by atoms with E-state index in [0.29, 0.717) is 25.8 Å². The van der Waals surface area contributed by atoms with Crippen LogP contribution in [0.15, 0.2) is 70.0 Å². The lowest BCUT2D eigenvalue weighted by Crippen LogP contribution is -2.28. The number of thiocarbonyl (C=S) groups is 1. The van der Waals surface area contributed by atoms with Crippen molar-refractivity contribution in [1.29, 1.82) is 0 Å². The van der Waals surface area contributed by atoms with Gasteiger partial charge in [-0.05, 0) is 42.8 Å². The molecule has 0 spiro atoms. The van der Waals surface area contributed by atoms with Crippen LogP contribution in [0.5, 0.6) is 0 Å². The molecule has 3 nitrogen and oxygen atoms in total. The van der Waals surface area contributed by atoms with Gasteiger partial charge in [0.05, 0.1) is 15.6 Å². The van der Waals surface area contributed by atoms with Crippen molar-refractivity contribution in [2.45, 2.75) is 6.92 Å². The molecule has 2 aromatic carbocycles.